The molecule has 1 saturated heterocycles. The zero-order chi connectivity index (χ0) is 23.7. The van der Waals surface area contributed by atoms with Crippen LogP contribution in [0.25, 0.3) is 0 Å². The first kappa shape index (κ1) is 23.6. The van der Waals surface area contributed by atoms with Crippen molar-refractivity contribution < 1.29 is 13.9 Å². The largest absolute Gasteiger partial charge is 0.483 e. The van der Waals surface area contributed by atoms with E-state index in [9.17, 15) is 9.18 Å². The Labute approximate surface area is 205 Å². The van der Waals surface area contributed by atoms with Crippen LogP contribution in [-0.4, -0.2) is 44.4 Å². The minimum atomic E-state index is -0.384. The molecule has 4 atom stereocenters. The lowest BCUT2D eigenvalue weighted by molar-refractivity contribution is -0.129. The molecule has 1 aliphatic heterocycles. The second kappa shape index (κ2) is 10.3. The van der Waals surface area contributed by atoms with Crippen LogP contribution in [0.3, 0.4) is 0 Å². The van der Waals surface area contributed by atoms with Crippen molar-refractivity contribution in [1.29, 1.82) is 0 Å². The van der Waals surface area contributed by atoms with Gasteiger partial charge < -0.3 is 9.64 Å². The fourth-order valence-corrected chi connectivity index (χ4v) is 7.11. The summed E-state index contributed by atoms with van der Waals surface area (Å²) >= 11 is 1.47. The summed E-state index contributed by atoms with van der Waals surface area (Å²) in [7, 11) is 0. The van der Waals surface area contributed by atoms with Gasteiger partial charge in [-0.1, -0.05) is 37.2 Å². The van der Waals surface area contributed by atoms with Crippen molar-refractivity contribution in [3.63, 3.8) is 0 Å². The van der Waals surface area contributed by atoms with Crippen LogP contribution in [0.15, 0.2) is 29.4 Å². The number of halogens is 1. The Balaban J connectivity index is 1.32. The molecule has 2 bridgehead atoms. The van der Waals surface area contributed by atoms with Crippen molar-refractivity contribution >= 4 is 17.7 Å². The van der Waals surface area contributed by atoms with Crippen molar-refractivity contribution in [2.75, 3.05) is 18.8 Å². The van der Waals surface area contributed by atoms with Crippen molar-refractivity contribution in [2.45, 2.75) is 70.2 Å². The number of fused-ring (bicyclic) bond motifs is 2. The molecule has 0 radical (unpaired) electrons. The molecule has 1 aromatic carbocycles. The van der Waals surface area contributed by atoms with Crippen LogP contribution >= 0.6 is 11.8 Å². The zero-order valence-electron chi connectivity index (χ0n) is 20.2. The fraction of sp³-hybridized carbons (Fsp3) is 0.654. The van der Waals surface area contributed by atoms with Crippen LogP contribution < -0.4 is 4.74 Å². The molecular weight excluding hydrogens is 451 g/mol. The number of ether oxygens (including phenoxy) is 1. The Morgan fingerprint density at radius 2 is 1.97 bits per heavy atom. The fourth-order valence-electron chi connectivity index (χ4n) is 6.17. The molecule has 1 aromatic heterocycles. The summed E-state index contributed by atoms with van der Waals surface area (Å²) in [6.45, 7) is 6.34. The maximum Gasteiger partial charge on any atom is 0.233 e. The molecule has 34 heavy (non-hydrogen) atoms. The van der Waals surface area contributed by atoms with E-state index in [1.54, 1.807) is 18.2 Å². The number of carbonyl (C=O) groups excluding carboxylic acids is 1. The lowest BCUT2D eigenvalue weighted by atomic mass is 9.84. The number of carbonyl (C=O) groups is 1. The van der Waals surface area contributed by atoms with E-state index >= 15 is 0 Å². The molecule has 5 rings (SSSR count). The predicted molar refractivity (Wildman–Crippen MR) is 130 cm³/mol. The minimum Gasteiger partial charge on any atom is -0.483 e. The summed E-state index contributed by atoms with van der Waals surface area (Å²) in [5, 5.41) is 9.67. The molecule has 2 aliphatic carbocycles. The van der Waals surface area contributed by atoms with Gasteiger partial charge >= 0.3 is 0 Å². The number of rotatable bonds is 8. The Bertz CT molecular complexity index is 1010. The third kappa shape index (κ3) is 4.97. The summed E-state index contributed by atoms with van der Waals surface area (Å²) in [5.74, 6) is 3.93. The minimum absolute atomic E-state index is 0.150. The highest BCUT2D eigenvalue weighted by atomic mass is 32.2. The van der Waals surface area contributed by atoms with Gasteiger partial charge in [-0.2, -0.15) is 0 Å². The molecule has 184 valence electrons. The Kier molecular flexibility index (Phi) is 7.14. The van der Waals surface area contributed by atoms with E-state index in [2.05, 4.69) is 28.6 Å². The molecule has 2 aromatic rings. The number of nitrogens with zero attached hydrogens (tertiary/aromatic N) is 4. The van der Waals surface area contributed by atoms with Crippen LogP contribution in [-0.2, 0) is 11.4 Å². The Morgan fingerprint density at radius 3 is 2.68 bits per heavy atom. The van der Waals surface area contributed by atoms with Gasteiger partial charge in [-0.25, -0.2) is 4.39 Å². The molecule has 0 spiro atoms. The van der Waals surface area contributed by atoms with Crippen LogP contribution in [0.2, 0.25) is 0 Å². The van der Waals surface area contributed by atoms with Crippen molar-refractivity contribution in [1.82, 2.24) is 19.7 Å². The van der Waals surface area contributed by atoms with E-state index in [4.69, 9.17) is 4.74 Å². The molecule has 4 unspecified atom stereocenters. The first-order valence-corrected chi connectivity index (χ1v) is 13.7. The average Bonchev–Trinajstić information content (AvgIpc) is 3.58. The number of hydrogen-bond acceptors (Lipinski definition) is 5. The van der Waals surface area contributed by atoms with Crippen molar-refractivity contribution in [3.8, 4) is 5.75 Å². The number of aromatic nitrogens is 3. The van der Waals surface area contributed by atoms with Crippen molar-refractivity contribution in [3.05, 3.63) is 35.9 Å². The molecular formula is C26H35FN4O2S. The molecule has 3 aliphatic rings. The highest BCUT2D eigenvalue weighted by Crippen LogP contribution is 2.52. The lowest BCUT2D eigenvalue weighted by Crippen LogP contribution is -2.39. The molecule has 6 nitrogen and oxygen atoms in total. The second-order valence-electron chi connectivity index (χ2n) is 10.4. The molecule has 2 heterocycles. The highest BCUT2D eigenvalue weighted by Gasteiger charge is 2.43. The molecule has 1 amide bonds. The SMILES string of the molecule is CC1CCN(C(=O)CSc2nnc(COc3ccccc3F)n2C(C)C2CC3CCC2C3)CC1. The topological polar surface area (TPSA) is 60.3 Å². The van der Waals surface area contributed by atoms with Gasteiger partial charge in [0.2, 0.25) is 5.91 Å². The third-order valence-corrected chi connectivity index (χ3v) is 9.14. The number of para-hydroxylation sites is 1. The maximum atomic E-state index is 14.1. The van der Waals surface area contributed by atoms with E-state index in [0.717, 1.165) is 42.9 Å². The van der Waals surface area contributed by atoms with E-state index in [1.165, 1.54) is 43.5 Å². The molecule has 8 heteroatoms. The number of hydrogen-bond donors (Lipinski definition) is 0. The van der Waals surface area contributed by atoms with Gasteiger partial charge in [-0.05, 0) is 74.8 Å². The quantitative estimate of drug-likeness (QED) is 0.471. The van der Waals surface area contributed by atoms with E-state index < -0.39 is 0 Å². The maximum absolute atomic E-state index is 14.1. The van der Waals surface area contributed by atoms with Gasteiger partial charge in [0, 0.05) is 19.1 Å². The van der Waals surface area contributed by atoms with Crippen LogP contribution in [0.1, 0.15) is 64.2 Å². The summed E-state index contributed by atoms with van der Waals surface area (Å²) in [5.41, 5.74) is 0. The second-order valence-corrected chi connectivity index (χ2v) is 11.4. The Morgan fingerprint density at radius 1 is 1.18 bits per heavy atom. The van der Waals surface area contributed by atoms with E-state index in [1.807, 2.05) is 4.90 Å². The number of thioether (sulfide) groups is 1. The normalized spacial score (nSPS) is 25.6. The summed E-state index contributed by atoms with van der Waals surface area (Å²) < 4.78 is 22.1. The monoisotopic (exact) mass is 486 g/mol. The van der Waals surface area contributed by atoms with Gasteiger partial charge in [0.05, 0.1) is 5.75 Å². The molecule has 0 N–H and O–H groups in total. The first-order chi connectivity index (χ1) is 16.5. The standard InChI is InChI=1S/C26H35FN4O2S/c1-17-9-11-30(12-10-17)25(32)16-34-26-29-28-24(15-33-23-6-4-3-5-22(23)27)31(26)18(2)21-14-19-7-8-20(21)13-19/h3-6,17-21H,7-16H2,1-2H3. The summed E-state index contributed by atoms with van der Waals surface area (Å²) in [4.78, 5) is 14.8. The smallest absolute Gasteiger partial charge is 0.233 e. The number of likely N-dealkylation sites (tertiary alicyclic amines) is 1. The molecule has 2 saturated carbocycles. The van der Waals surface area contributed by atoms with Crippen molar-refractivity contribution in [2.24, 2.45) is 23.7 Å². The van der Waals surface area contributed by atoms with Gasteiger partial charge in [0.25, 0.3) is 0 Å². The van der Waals surface area contributed by atoms with Crippen LogP contribution in [0, 0.1) is 29.5 Å². The van der Waals surface area contributed by atoms with Crippen LogP contribution in [0.4, 0.5) is 4.39 Å². The highest BCUT2D eigenvalue weighted by molar-refractivity contribution is 7.99. The summed E-state index contributed by atoms with van der Waals surface area (Å²) in [6, 6.07) is 6.65. The number of piperidine rings is 1. The average molecular weight is 487 g/mol. The Hall–Kier alpha value is -2.09. The van der Waals surface area contributed by atoms with Gasteiger partial charge in [-0.3, -0.25) is 9.36 Å². The van der Waals surface area contributed by atoms with Crippen LogP contribution in [0.5, 0.6) is 5.75 Å². The van der Waals surface area contributed by atoms with E-state index in [-0.39, 0.29) is 30.1 Å². The lowest BCUT2D eigenvalue weighted by Gasteiger charge is -2.31. The third-order valence-electron chi connectivity index (χ3n) is 8.21. The van der Waals surface area contributed by atoms with Gasteiger partial charge in [0.1, 0.15) is 6.61 Å². The van der Waals surface area contributed by atoms with Gasteiger partial charge in [0.15, 0.2) is 22.5 Å². The predicted octanol–water partition coefficient (Wildman–Crippen LogP) is 5.34. The van der Waals surface area contributed by atoms with E-state index in [0.29, 0.717) is 23.4 Å². The zero-order valence-corrected chi connectivity index (χ0v) is 21.0. The van der Waals surface area contributed by atoms with Gasteiger partial charge in [-0.15, -0.1) is 10.2 Å². The number of benzene rings is 1. The summed E-state index contributed by atoms with van der Waals surface area (Å²) in [6.07, 6.45) is 7.37. The number of amides is 1. The molecule has 3 fully saturated rings. The first-order valence-electron chi connectivity index (χ1n) is 12.7.